The van der Waals surface area contributed by atoms with E-state index in [-0.39, 0.29) is 18.2 Å². The largest absolute Gasteiger partial charge is 0.394 e. The Hall–Kier alpha value is -2.13. The monoisotopic (exact) mass is 251 g/mol. The predicted molar refractivity (Wildman–Crippen MR) is 64.4 cm³/mol. The molecule has 2 N–H and O–H groups in total. The maximum Gasteiger partial charge on any atom is 0.321 e. The molecule has 0 radical (unpaired) electrons. The number of carbonyl (C=O) groups is 1. The number of benzene rings is 1. The molecule has 1 unspecified atom stereocenters. The van der Waals surface area contributed by atoms with Gasteiger partial charge in [-0.3, -0.25) is 0 Å². The van der Waals surface area contributed by atoms with Crippen molar-refractivity contribution in [3.05, 3.63) is 29.6 Å². The molecule has 0 saturated carbocycles. The lowest BCUT2D eigenvalue weighted by atomic mass is 10.2. The van der Waals surface area contributed by atoms with Gasteiger partial charge in [0.15, 0.2) is 0 Å². The van der Waals surface area contributed by atoms with Crippen LogP contribution in [0.5, 0.6) is 0 Å². The van der Waals surface area contributed by atoms with Crippen LogP contribution in [0.4, 0.5) is 14.9 Å². The average molecular weight is 251 g/mol. The summed E-state index contributed by atoms with van der Waals surface area (Å²) in [5.74, 6) is -0.632. The first kappa shape index (κ1) is 13.9. The van der Waals surface area contributed by atoms with Crippen LogP contribution in [0.3, 0.4) is 0 Å². The standard InChI is InChI=1S/C12H14FN3O2/c1-8(7-17)16(2)12(18)15-10-3-4-11(13)9(5-10)6-14/h3-5,8,17H,7H2,1-2H3,(H,15,18). The molecule has 1 aromatic carbocycles. The Kier molecular flexibility index (Phi) is 4.63. The van der Waals surface area contributed by atoms with Gasteiger partial charge in [-0.2, -0.15) is 5.26 Å². The van der Waals surface area contributed by atoms with Gasteiger partial charge < -0.3 is 15.3 Å². The minimum absolute atomic E-state index is 0.134. The summed E-state index contributed by atoms with van der Waals surface area (Å²) in [7, 11) is 1.53. The second kappa shape index (κ2) is 5.98. The number of urea groups is 1. The summed E-state index contributed by atoms with van der Waals surface area (Å²) >= 11 is 0. The Morgan fingerprint density at radius 2 is 2.33 bits per heavy atom. The molecule has 0 aliphatic heterocycles. The van der Waals surface area contributed by atoms with Crippen molar-refractivity contribution in [3.63, 3.8) is 0 Å². The highest BCUT2D eigenvalue weighted by atomic mass is 19.1. The molecule has 6 heteroatoms. The fourth-order valence-corrected chi connectivity index (χ4v) is 1.22. The van der Waals surface area contributed by atoms with E-state index in [4.69, 9.17) is 10.4 Å². The van der Waals surface area contributed by atoms with Gasteiger partial charge in [0.1, 0.15) is 11.9 Å². The minimum atomic E-state index is -0.632. The van der Waals surface area contributed by atoms with Crippen molar-refractivity contribution < 1.29 is 14.3 Å². The third-order valence-corrected chi connectivity index (χ3v) is 2.58. The van der Waals surface area contributed by atoms with Crippen LogP contribution in [0.2, 0.25) is 0 Å². The van der Waals surface area contributed by atoms with Gasteiger partial charge in [-0.1, -0.05) is 0 Å². The maximum atomic E-state index is 13.1. The zero-order valence-electron chi connectivity index (χ0n) is 10.1. The maximum absolute atomic E-state index is 13.1. The summed E-state index contributed by atoms with van der Waals surface area (Å²) in [6, 6.07) is 4.66. The first-order valence-electron chi connectivity index (χ1n) is 5.34. The highest BCUT2D eigenvalue weighted by Gasteiger charge is 2.15. The van der Waals surface area contributed by atoms with E-state index in [1.165, 1.54) is 24.1 Å². The van der Waals surface area contributed by atoms with E-state index in [0.717, 1.165) is 6.07 Å². The number of nitrogens with zero attached hydrogens (tertiary/aromatic N) is 2. The van der Waals surface area contributed by atoms with Crippen LogP contribution < -0.4 is 5.32 Å². The van der Waals surface area contributed by atoms with Gasteiger partial charge in [0.2, 0.25) is 0 Å². The van der Waals surface area contributed by atoms with Crippen LogP contribution in [0.1, 0.15) is 12.5 Å². The SMILES string of the molecule is CC(CO)N(C)C(=O)Nc1ccc(F)c(C#N)c1. The van der Waals surface area contributed by atoms with Gasteiger partial charge >= 0.3 is 6.03 Å². The second-order valence-electron chi connectivity index (χ2n) is 3.88. The first-order valence-corrected chi connectivity index (χ1v) is 5.34. The quantitative estimate of drug-likeness (QED) is 0.855. The van der Waals surface area contributed by atoms with Crippen molar-refractivity contribution in [2.45, 2.75) is 13.0 Å². The van der Waals surface area contributed by atoms with Crippen molar-refractivity contribution >= 4 is 11.7 Å². The number of carbonyl (C=O) groups excluding carboxylic acids is 1. The van der Waals surface area contributed by atoms with Crippen molar-refractivity contribution in [3.8, 4) is 6.07 Å². The number of aliphatic hydroxyl groups is 1. The smallest absolute Gasteiger partial charge is 0.321 e. The summed E-state index contributed by atoms with van der Waals surface area (Å²) in [5, 5.41) is 20.1. The summed E-state index contributed by atoms with van der Waals surface area (Å²) in [6.45, 7) is 1.53. The van der Waals surface area contributed by atoms with Gasteiger partial charge in [-0.05, 0) is 25.1 Å². The van der Waals surface area contributed by atoms with E-state index >= 15 is 0 Å². The zero-order valence-corrected chi connectivity index (χ0v) is 10.1. The normalized spacial score (nSPS) is 11.5. The van der Waals surface area contributed by atoms with Gasteiger partial charge in [0.05, 0.1) is 18.2 Å². The predicted octanol–water partition coefficient (Wildman–Crippen LogP) is 1.54. The Bertz CT molecular complexity index is 485. The molecule has 1 atom stereocenters. The van der Waals surface area contributed by atoms with Crippen molar-refractivity contribution in [1.29, 1.82) is 5.26 Å². The second-order valence-corrected chi connectivity index (χ2v) is 3.88. The lowest BCUT2D eigenvalue weighted by Gasteiger charge is -2.23. The molecule has 1 aromatic rings. The molecule has 0 heterocycles. The molecule has 0 spiro atoms. The Labute approximate surface area is 104 Å². The fraction of sp³-hybridized carbons (Fsp3) is 0.333. The van der Waals surface area contributed by atoms with Gasteiger partial charge in [-0.25, -0.2) is 9.18 Å². The van der Waals surface area contributed by atoms with Gasteiger partial charge in [0.25, 0.3) is 0 Å². The van der Waals surface area contributed by atoms with E-state index < -0.39 is 11.8 Å². The number of halogens is 1. The summed E-state index contributed by atoms with van der Waals surface area (Å²) in [5.41, 5.74) is 0.195. The molecule has 1 rings (SSSR count). The highest BCUT2D eigenvalue weighted by Crippen LogP contribution is 2.14. The molecule has 0 bridgehead atoms. The van der Waals surface area contributed by atoms with Crippen molar-refractivity contribution in [2.24, 2.45) is 0 Å². The highest BCUT2D eigenvalue weighted by molar-refractivity contribution is 5.89. The van der Waals surface area contributed by atoms with E-state index in [1.54, 1.807) is 13.0 Å². The molecule has 18 heavy (non-hydrogen) atoms. The van der Waals surface area contributed by atoms with Crippen LogP contribution in [0.25, 0.3) is 0 Å². The number of aliphatic hydroxyl groups excluding tert-OH is 1. The number of nitrogens with one attached hydrogen (secondary N) is 1. The zero-order chi connectivity index (χ0) is 13.7. The molecule has 0 aliphatic carbocycles. The summed E-state index contributed by atoms with van der Waals surface area (Å²) in [6.07, 6.45) is 0. The molecule has 0 aromatic heterocycles. The molecular weight excluding hydrogens is 237 g/mol. The van der Waals surface area contributed by atoms with Crippen molar-refractivity contribution in [2.75, 3.05) is 19.0 Å². The number of amides is 2. The first-order chi connectivity index (χ1) is 8.49. The number of likely N-dealkylation sites (N-methyl/N-ethyl adjacent to an activating group) is 1. The molecule has 0 fully saturated rings. The molecular formula is C12H14FN3O2. The molecule has 0 aliphatic rings. The number of anilines is 1. The Morgan fingerprint density at radius 1 is 1.67 bits per heavy atom. The van der Waals surface area contributed by atoms with Gasteiger partial charge in [0, 0.05) is 12.7 Å². The number of nitriles is 1. The van der Waals surface area contributed by atoms with E-state index in [9.17, 15) is 9.18 Å². The van der Waals surface area contributed by atoms with Crippen LogP contribution in [0, 0.1) is 17.1 Å². The number of hydrogen-bond acceptors (Lipinski definition) is 3. The minimum Gasteiger partial charge on any atom is -0.394 e. The van der Waals surface area contributed by atoms with E-state index in [0.29, 0.717) is 5.69 Å². The Balaban J connectivity index is 2.80. The lowest BCUT2D eigenvalue weighted by Crippen LogP contribution is -2.40. The van der Waals surface area contributed by atoms with E-state index in [2.05, 4.69) is 5.32 Å². The van der Waals surface area contributed by atoms with Crippen LogP contribution >= 0.6 is 0 Å². The average Bonchev–Trinajstić information content (AvgIpc) is 2.38. The molecule has 5 nitrogen and oxygen atoms in total. The molecule has 96 valence electrons. The molecule has 2 amide bonds. The van der Waals surface area contributed by atoms with Crippen molar-refractivity contribution in [1.82, 2.24) is 4.90 Å². The van der Waals surface area contributed by atoms with Crippen LogP contribution in [-0.4, -0.2) is 35.7 Å². The lowest BCUT2D eigenvalue weighted by molar-refractivity contribution is 0.166. The summed E-state index contributed by atoms with van der Waals surface area (Å²) in [4.78, 5) is 13.0. The topological polar surface area (TPSA) is 76.4 Å². The number of hydrogen-bond donors (Lipinski definition) is 2. The number of rotatable bonds is 3. The van der Waals surface area contributed by atoms with Crippen LogP contribution in [0.15, 0.2) is 18.2 Å². The third-order valence-electron chi connectivity index (χ3n) is 2.58. The fourth-order valence-electron chi connectivity index (χ4n) is 1.22. The third kappa shape index (κ3) is 3.18. The van der Waals surface area contributed by atoms with E-state index in [1.807, 2.05) is 0 Å². The molecule has 0 saturated heterocycles. The van der Waals surface area contributed by atoms with Crippen LogP contribution in [-0.2, 0) is 0 Å². The summed E-state index contributed by atoms with van der Waals surface area (Å²) < 4.78 is 13.1. The van der Waals surface area contributed by atoms with Gasteiger partial charge in [-0.15, -0.1) is 0 Å². The Morgan fingerprint density at radius 3 is 2.89 bits per heavy atom.